The van der Waals surface area contributed by atoms with Crippen LogP contribution >= 0.6 is 24.0 Å². The number of benzene rings is 1. The molecule has 0 spiro atoms. The van der Waals surface area contributed by atoms with Crippen LogP contribution in [0.4, 0.5) is 0 Å². The van der Waals surface area contributed by atoms with Crippen LogP contribution in [0.25, 0.3) is 6.08 Å². The zero-order valence-corrected chi connectivity index (χ0v) is 16.9. The highest BCUT2D eigenvalue weighted by Crippen LogP contribution is 2.34. The van der Waals surface area contributed by atoms with Crippen LogP contribution in [0.1, 0.15) is 19.4 Å². The summed E-state index contributed by atoms with van der Waals surface area (Å²) < 4.78 is 16.4. The molecule has 144 valence electrons. The molecule has 1 aliphatic rings. The third kappa shape index (κ3) is 5.58. The van der Waals surface area contributed by atoms with E-state index in [1.54, 1.807) is 37.3 Å². The molecule has 1 aromatic carbocycles. The molecular weight excluding hydrogens is 386 g/mol. The highest BCUT2D eigenvalue weighted by molar-refractivity contribution is 8.26. The van der Waals surface area contributed by atoms with Crippen molar-refractivity contribution in [2.75, 3.05) is 26.4 Å². The maximum Gasteiger partial charge on any atom is 0.344 e. The summed E-state index contributed by atoms with van der Waals surface area (Å²) in [6.45, 7) is 8.13. The molecule has 0 saturated carbocycles. The molecule has 8 heteroatoms. The average molecular weight is 408 g/mol. The van der Waals surface area contributed by atoms with Crippen LogP contribution in [0.2, 0.25) is 0 Å². The Kier molecular flexibility index (Phi) is 7.87. The van der Waals surface area contributed by atoms with Gasteiger partial charge in [-0.15, -0.1) is 6.58 Å². The molecule has 0 N–H and O–H groups in total. The fraction of sp³-hybridized carbons (Fsp3) is 0.316. The van der Waals surface area contributed by atoms with E-state index < -0.39 is 5.97 Å². The molecule has 1 fully saturated rings. The number of thiocarbonyl (C=S) groups is 1. The van der Waals surface area contributed by atoms with Gasteiger partial charge in [0.2, 0.25) is 0 Å². The van der Waals surface area contributed by atoms with Crippen molar-refractivity contribution >= 4 is 46.3 Å². The van der Waals surface area contributed by atoms with E-state index in [4.69, 9.17) is 26.4 Å². The fourth-order valence-electron chi connectivity index (χ4n) is 2.28. The number of nitrogens with zero attached hydrogens (tertiary/aromatic N) is 1. The first-order chi connectivity index (χ1) is 13.0. The number of hydrogen-bond acceptors (Lipinski definition) is 7. The predicted octanol–water partition coefficient (Wildman–Crippen LogP) is 3.41. The number of amides is 1. The molecule has 2 rings (SSSR count). The van der Waals surface area contributed by atoms with Crippen molar-refractivity contribution < 1.29 is 23.8 Å². The maximum atomic E-state index is 12.4. The van der Waals surface area contributed by atoms with Crippen molar-refractivity contribution in [2.45, 2.75) is 13.8 Å². The second kappa shape index (κ2) is 10.1. The molecule has 1 aromatic rings. The normalized spacial score (nSPS) is 15.2. The molecule has 0 atom stereocenters. The Labute approximate surface area is 168 Å². The van der Waals surface area contributed by atoms with Crippen LogP contribution in [0.3, 0.4) is 0 Å². The van der Waals surface area contributed by atoms with Gasteiger partial charge in [-0.05, 0) is 37.6 Å². The van der Waals surface area contributed by atoms with E-state index in [2.05, 4.69) is 6.58 Å². The second-order valence-electron chi connectivity index (χ2n) is 5.31. The fourth-order valence-corrected chi connectivity index (χ4v) is 3.55. The zero-order valence-electron chi connectivity index (χ0n) is 15.2. The number of hydrogen-bond donors (Lipinski definition) is 0. The number of rotatable bonds is 9. The van der Waals surface area contributed by atoms with Crippen LogP contribution in [0.5, 0.6) is 11.5 Å². The topological polar surface area (TPSA) is 65.1 Å². The van der Waals surface area contributed by atoms with Gasteiger partial charge in [0.15, 0.2) is 18.1 Å². The Morgan fingerprint density at radius 3 is 2.70 bits per heavy atom. The first kappa shape index (κ1) is 21.0. The molecule has 0 radical (unpaired) electrons. The van der Waals surface area contributed by atoms with Gasteiger partial charge in [0.25, 0.3) is 5.91 Å². The molecule has 1 amide bonds. The zero-order chi connectivity index (χ0) is 19.8. The third-order valence-electron chi connectivity index (χ3n) is 3.40. The van der Waals surface area contributed by atoms with Gasteiger partial charge < -0.3 is 14.2 Å². The summed E-state index contributed by atoms with van der Waals surface area (Å²) in [5, 5.41) is 0. The minimum absolute atomic E-state index is 0.148. The Balaban J connectivity index is 2.20. The number of thioether (sulfide) groups is 1. The Hall–Kier alpha value is -2.32. The molecule has 1 heterocycles. The molecule has 0 bridgehead atoms. The highest BCUT2D eigenvalue weighted by Gasteiger charge is 2.31. The SMILES string of the molecule is C=CCN1C(=O)/C(=C\c2ccc(OCC(=O)OCC)c(OCC)c2)SC1=S. The lowest BCUT2D eigenvalue weighted by Crippen LogP contribution is -2.27. The van der Waals surface area contributed by atoms with Gasteiger partial charge in [-0.2, -0.15) is 0 Å². The van der Waals surface area contributed by atoms with E-state index >= 15 is 0 Å². The summed E-state index contributed by atoms with van der Waals surface area (Å²) in [4.78, 5) is 25.9. The van der Waals surface area contributed by atoms with Crippen LogP contribution in [0.15, 0.2) is 35.8 Å². The van der Waals surface area contributed by atoms with Crippen LogP contribution in [-0.2, 0) is 14.3 Å². The highest BCUT2D eigenvalue weighted by atomic mass is 32.2. The standard InChI is InChI=1S/C19H21NO5S2/c1-4-9-20-18(22)16(27-19(20)26)11-13-7-8-14(15(10-13)23-5-2)25-12-17(21)24-6-3/h4,7-8,10-11H,1,5-6,9,12H2,2-3H3/b16-11+. The van der Waals surface area contributed by atoms with E-state index in [1.165, 1.54) is 16.7 Å². The van der Waals surface area contributed by atoms with Crippen molar-refractivity contribution in [3.05, 3.63) is 41.3 Å². The summed E-state index contributed by atoms with van der Waals surface area (Å²) in [6, 6.07) is 5.23. The predicted molar refractivity (Wildman–Crippen MR) is 110 cm³/mol. The molecular formula is C19H21NO5S2. The molecule has 1 aliphatic heterocycles. The third-order valence-corrected chi connectivity index (χ3v) is 4.78. The van der Waals surface area contributed by atoms with Gasteiger partial charge in [-0.1, -0.05) is 36.1 Å². The van der Waals surface area contributed by atoms with Crippen LogP contribution in [0, 0.1) is 0 Å². The lowest BCUT2D eigenvalue weighted by Gasteiger charge is -2.12. The van der Waals surface area contributed by atoms with Crippen molar-refractivity contribution in [3.8, 4) is 11.5 Å². The van der Waals surface area contributed by atoms with Crippen molar-refractivity contribution in [1.29, 1.82) is 0 Å². The summed E-state index contributed by atoms with van der Waals surface area (Å²) in [5.74, 6) is 0.318. The van der Waals surface area contributed by atoms with Gasteiger partial charge in [-0.3, -0.25) is 9.69 Å². The molecule has 1 saturated heterocycles. The number of carbonyl (C=O) groups excluding carboxylic acids is 2. The van der Waals surface area contributed by atoms with Gasteiger partial charge in [0, 0.05) is 6.54 Å². The smallest absolute Gasteiger partial charge is 0.344 e. The maximum absolute atomic E-state index is 12.4. The van der Waals surface area contributed by atoms with E-state index in [0.717, 1.165) is 5.56 Å². The second-order valence-corrected chi connectivity index (χ2v) is 6.99. The van der Waals surface area contributed by atoms with E-state index in [0.29, 0.717) is 40.5 Å². The number of carbonyl (C=O) groups is 2. The van der Waals surface area contributed by atoms with Crippen molar-refractivity contribution in [3.63, 3.8) is 0 Å². The molecule has 0 aromatic heterocycles. The van der Waals surface area contributed by atoms with Crippen molar-refractivity contribution in [2.24, 2.45) is 0 Å². The number of esters is 1. The quantitative estimate of drug-likeness (QED) is 0.269. The molecule has 0 aliphatic carbocycles. The lowest BCUT2D eigenvalue weighted by atomic mass is 10.2. The first-order valence-corrected chi connectivity index (χ1v) is 9.64. The summed E-state index contributed by atoms with van der Waals surface area (Å²) in [7, 11) is 0. The Morgan fingerprint density at radius 2 is 2.04 bits per heavy atom. The molecule has 0 unspecified atom stereocenters. The van der Waals surface area contributed by atoms with Crippen LogP contribution in [-0.4, -0.2) is 47.5 Å². The summed E-state index contributed by atoms with van der Waals surface area (Å²) in [5.41, 5.74) is 0.765. The Morgan fingerprint density at radius 1 is 1.26 bits per heavy atom. The van der Waals surface area contributed by atoms with E-state index in [9.17, 15) is 9.59 Å². The summed E-state index contributed by atoms with van der Waals surface area (Å²) in [6.07, 6.45) is 3.39. The number of ether oxygens (including phenoxy) is 3. The van der Waals surface area contributed by atoms with Gasteiger partial charge >= 0.3 is 5.97 Å². The van der Waals surface area contributed by atoms with E-state index in [-0.39, 0.29) is 12.5 Å². The van der Waals surface area contributed by atoms with Gasteiger partial charge in [-0.25, -0.2) is 4.79 Å². The Bertz CT molecular complexity index is 775. The van der Waals surface area contributed by atoms with Gasteiger partial charge in [0.05, 0.1) is 18.1 Å². The minimum Gasteiger partial charge on any atom is -0.490 e. The monoisotopic (exact) mass is 407 g/mol. The van der Waals surface area contributed by atoms with Crippen LogP contribution < -0.4 is 9.47 Å². The van der Waals surface area contributed by atoms with Gasteiger partial charge in [0.1, 0.15) is 4.32 Å². The first-order valence-electron chi connectivity index (χ1n) is 8.41. The van der Waals surface area contributed by atoms with E-state index in [1.807, 2.05) is 6.92 Å². The lowest BCUT2D eigenvalue weighted by molar-refractivity contribution is -0.145. The average Bonchev–Trinajstić information content (AvgIpc) is 2.89. The largest absolute Gasteiger partial charge is 0.490 e. The molecule has 6 nitrogen and oxygen atoms in total. The van der Waals surface area contributed by atoms with Crippen molar-refractivity contribution in [1.82, 2.24) is 4.90 Å². The molecule has 27 heavy (non-hydrogen) atoms. The summed E-state index contributed by atoms with van der Waals surface area (Å²) >= 11 is 6.48. The minimum atomic E-state index is -0.449.